The van der Waals surface area contributed by atoms with Gasteiger partial charge >= 0.3 is 0 Å². The molecule has 26 heavy (non-hydrogen) atoms. The number of hydrogen-bond donors (Lipinski definition) is 2. The molecule has 5 nitrogen and oxygen atoms in total. The van der Waals surface area contributed by atoms with Crippen LogP contribution in [-0.4, -0.2) is 40.9 Å². The molecule has 2 amide bonds. The van der Waals surface area contributed by atoms with Crippen molar-refractivity contribution in [1.82, 2.24) is 10.2 Å². The van der Waals surface area contributed by atoms with Crippen LogP contribution in [0.4, 0.5) is 5.69 Å². The van der Waals surface area contributed by atoms with E-state index >= 15 is 0 Å². The van der Waals surface area contributed by atoms with Crippen molar-refractivity contribution in [3.8, 4) is 0 Å². The van der Waals surface area contributed by atoms with Crippen LogP contribution in [-0.2, 0) is 9.59 Å². The molecule has 3 aliphatic rings. The van der Waals surface area contributed by atoms with Gasteiger partial charge in [-0.2, -0.15) is 0 Å². The lowest BCUT2D eigenvalue weighted by atomic mass is 9.83. The second-order valence-corrected chi connectivity index (χ2v) is 8.47. The van der Waals surface area contributed by atoms with Gasteiger partial charge in [0.1, 0.15) is 6.04 Å². The fraction of sp³-hybridized carbons (Fsp3) is 0.619. The molecule has 4 rings (SSSR count). The quantitative estimate of drug-likeness (QED) is 0.815. The number of carbonyl (C=O) groups is 2. The Hall–Kier alpha value is -1.88. The Morgan fingerprint density at radius 3 is 2.50 bits per heavy atom. The smallest absolute Gasteiger partial charge is 0.249 e. The van der Waals surface area contributed by atoms with E-state index in [0.29, 0.717) is 30.3 Å². The van der Waals surface area contributed by atoms with E-state index in [1.807, 2.05) is 0 Å². The molecule has 2 aliphatic heterocycles. The van der Waals surface area contributed by atoms with E-state index in [-0.39, 0.29) is 17.9 Å². The van der Waals surface area contributed by atoms with Crippen LogP contribution in [0.1, 0.15) is 63.9 Å². The molecule has 1 spiro atoms. The predicted octanol–water partition coefficient (Wildman–Crippen LogP) is 3.02. The van der Waals surface area contributed by atoms with Crippen molar-refractivity contribution in [2.24, 2.45) is 0 Å². The van der Waals surface area contributed by atoms with E-state index in [1.54, 1.807) is 0 Å². The molecule has 1 aromatic carbocycles. The predicted molar refractivity (Wildman–Crippen MR) is 102 cm³/mol. The Bertz CT molecular complexity index is 694. The lowest BCUT2D eigenvalue weighted by Gasteiger charge is -2.43. The number of carbonyl (C=O) groups excluding carboxylic acids is 2. The van der Waals surface area contributed by atoms with Crippen molar-refractivity contribution in [3.63, 3.8) is 0 Å². The van der Waals surface area contributed by atoms with Gasteiger partial charge in [0.15, 0.2) is 0 Å². The standard InChI is InChI=1S/C21H29N3O2/c1-14(2)24-12-9-16(13-21(24)10-11-21)15-3-5-17(6-4-15)22-18-7-8-19(25)23-20(18)26/h3-6,14,16,18,22H,7-13H2,1-2H3,(H,23,25,26)/t16-,18?/m1/s1. The highest BCUT2D eigenvalue weighted by Crippen LogP contribution is 2.53. The summed E-state index contributed by atoms with van der Waals surface area (Å²) in [5.41, 5.74) is 2.82. The monoisotopic (exact) mass is 355 g/mol. The molecule has 3 fully saturated rings. The van der Waals surface area contributed by atoms with E-state index in [2.05, 4.69) is 53.6 Å². The van der Waals surface area contributed by atoms with Gasteiger partial charge in [0.25, 0.3) is 0 Å². The summed E-state index contributed by atoms with van der Waals surface area (Å²) in [6.45, 7) is 5.82. The van der Waals surface area contributed by atoms with Crippen LogP contribution in [0.2, 0.25) is 0 Å². The molecule has 1 aliphatic carbocycles. The van der Waals surface area contributed by atoms with Gasteiger partial charge in [0.2, 0.25) is 11.8 Å². The van der Waals surface area contributed by atoms with Crippen LogP contribution >= 0.6 is 0 Å². The number of imide groups is 1. The number of nitrogens with zero attached hydrogens (tertiary/aromatic N) is 1. The number of hydrogen-bond acceptors (Lipinski definition) is 4. The molecule has 0 bridgehead atoms. The first-order chi connectivity index (χ1) is 12.5. The Balaban J connectivity index is 1.39. The number of nitrogens with one attached hydrogen (secondary N) is 2. The summed E-state index contributed by atoms with van der Waals surface area (Å²) >= 11 is 0. The maximum Gasteiger partial charge on any atom is 0.249 e. The highest BCUT2D eigenvalue weighted by Gasteiger charge is 2.52. The maximum atomic E-state index is 11.9. The third kappa shape index (κ3) is 3.37. The van der Waals surface area contributed by atoms with E-state index < -0.39 is 0 Å². The highest BCUT2D eigenvalue weighted by molar-refractivity contribution is 6.01. The third-order valence-corrected chi connectivity index (χ3v) is 6.37. The third-order valence-electron chi connectivity index (χ3n) is 6.37. The van der Waals surface area contributed by atoms with E-state index in [0.717, 1.165) is 5.69 Å². The molecule has 2 N–H and O–H groups in total. The largest absolute Gasteiger partial charge is 0.374 e. The Labute approximate surface area is 155 Å². The fourth-order valence-electron chi connectivity index (χ4n) is 4.82. The summed E-state index contributed by atoms with van der Waals surface area (Å²) in [5, 5.41) is 5.66. The lowest BCUT2D eigenvalue weighted by molar-refractivity contribution is -0.133. The number of piperidine rings is 2. The first-order valence-corrected chi connectivity index (χ1v) is 9.94. The van der Waals surface area contributed by atoms with Crippen molar-refractivity contribution in [2.75, 3.05) is 11.9 Å². The average molecular weight is 355 g/mol. The van der Waals surface area contributed by atoms with Gasteiger partial charge in [-0.3, -0.25) is 19.8 Å². The van der Waals surface area contributed by atoms with Crippen LogP contribution in [0.15, 0.2) is 24.3 Å². The highest BCUT2D eigenvalue weighted by atomic mass is 16.2. The van der Waals surface area contributed by atoms with Gasteiger partial charge in [0, 0.05) is 23.7 Å². The molecule has 140 valence electrons. The van der Waals surface area contributed by atoms with Gasteiger partial charge in [-0.25, -0.2) is 0 Å². The first-order valence-electron chi connectivity index (χ1n) is 9.94. The minimum Gasteiger partial charge on any atom is -0.374 e. The fourth-order valence-corrected chi connectivity index (χ4v) is 4.82. The van der Waals surface area contributed by atoms with Gasteiger partial charge in [-0.15, -0.1) is 0 Å². The number of likely N-dealkylation sites (tertiary alicyclic amines) is 1. The summed E-state index contributed by atoms with van der Waals surface area (Å²) in [6.07, 6.45) is 6.14. The summed E-state index contributed by atoms with van der Waals surface area (Å²) < 4.78 is 0. The zero-order chi connectivity index (χ0) is 18.3. The summed E-state index contributed by atoms with van der Waals surface area (Å²) in [6, 6.07) is 8.89. The second kappa shape index (κ2) is 6.69. The van der Waals surface area contributed by atoms with Crippen LogP contribution < -0.4 is 10.6 Å². The summed E-state index contributed by atoms with van der Waals surface area (Å²) in [5.74, 6) is 0.240. The summed E-state index contributed by atoms with van der Waals surface area (Å²) in [4.78, 5) is 25.8. The molecular weight excluding hydrogens is 326 g/mol. The van der Waals surface area contributed by atoms with Crippen LogP contribution in [0, 0.1) is 0 Å². The zero-order valence-corrected chi connectivity index (χ0v) is 15.8. The van der Waals surface area contributed by atoms with Crippen molar-refractivity contribution >= 4 is 17.5 Å². The Morgan fingerprint density at radius 1 is 1.15 bits per heavy atom. The second-order valence-electron chi connectivity index (χ2n) is 8.47. The average Bonchev–Trinajstić information content (AvgIpc) is 3.37. The molecule has 2 heterocycles. The maximum absolute atomic E-state index is 11.9. The minimum atomic E-state index is -0.317. The molecule has 1 saturated carbocycles. The molecule has 0 radical (unpaired) electrons. The number of rotatable bonds is 4. The first kappa shape index (κ1) is 17.5. The number of amides is 2. The molecule has 1 aromatic rings. The summed E-state index contributed by atoms with van der Waals surface area (Å²) in [7, 11) is 0. The van der Waals surface area contributed by atoms with Crippen LogP contribution in [0.3, 0.4) is 0 Å². The lowest BCUT2D eigenvalue weighted by Crippen LogP contribution is -2.47. The van der Waals surface area contributed by atoms with E-state index in [9.17, 15) is 9.59 Å². The topological polar surface area (TPSA) is 61.4 Å². The van der Waals surface area contributed by atoms with Gasteiger partial charge < -0.3 is 5.32 Å². The van der Waals surface area contributed by atoms with Gasteiger partial charge in [0.05, 0.1) is 0 Å². The SMILES string of the molecule is CC(C)N1CC[C@@H](c2ccc(NC3CCC(=O)NC3=O)cc2)CC12CC2. The van der Waals surface area contributed by atoms with Crippen molar-refractivity contribution in [2.45, 2.75) is 75.9 Å². The molecule has 1 unspecified atom stereocenters. The van der Waals surface area contributed by atoms with E-state index in [4.69, 9.17) is 0 Å². The minimum absolute atomic E-state index is 0.176. The van der Waals surface area contributed by atoms with Crippen molar-refractivity contribution < 1.29 is 9.59 Å². The zero-order valence-electron chi connectivity index (χ0n) is 15.8. The molecule has 2 saturated heterocycles. The normalized spacial score (nSPS) is 28.3. The van der Waals surface area contributed by atoms with Crippen molar-refractivity contribution in [1.29, 1.82) is 0 Å². The molecule has 5 heteroatoms. The number of anilines is 1. The van der Waals surface area contributed by atoms with Crippen molar-refractivity contribution in [3.05, 3.63) is 29.8 Å². The van der Waals surface area contributed by atoms with Gasteiger partial charge in [-0.1, -0.05) is 12.1 Å². The molecule has 2 atom stereocenters. The van der Waals surface area contributed by atoms with Gasteiger partial charge in [-0.05, 0) is 76.1 Å². The van der Waals surface area contributed by atoms with Crippen LogP contribution in [0.25, 0.3) is 0 Å². The Kier molecular flexibility index (Phi) is 4.51. The molecule has 0 aromatic heterocycles. The molecular formula is C21H29N3O2. The Morgan fingerprint density at radius 2 is 1.88 bits per heavy atom. The van der Waals surface area contributed by atoms with E-state index in [1.165, 1.54) is 37.8 Å². The number of benzene rings is 1. The van der Waals surface area contributed by atoms with Crippen LogP contribution in [0.5, 0.6) is 0 Å².